The van der Waals surface area contributed by atoms with Crippen LogP contribution in [-0.4, -0.2) is 28.8 Å². The monoisotopic (exact) mass is 265 g/mol. The van der Waals surface area contributed by atoms with Crippen LogP contribution in [-0.2, 0) is 0 Å². The van der Waals surface area contributed by atoms with E-state index < -0.39 is 5.09 Å². The molecule has 0 unspecified atom stereocenters. The maximum atomic E-state index is 8.36. The van der Waals surface area contributed by atoms with Gasteiger partial charge in [-0.3, -0.25) is 0 Å². The predicted octanol–water partition coefficient (Wildman–Crippen LogP) is 4.52. The maximum Gasteiger partial charge on any atom is 0.291 e. The van der Waals surface area contributed by atoms with Crippen molar-refractivity contribution in [3.63, 3.8) is 0 Å². The van der Waals surface area contributed by atoms with Crippen LogP contribution in [0.15, 0.2) is 0 Å². The molecule has 0 fully saturated rings. The minimum atomic E-state index is -1.50. The molecule has 17 heavy (non-hydrogen) atoms. The summed E-state index contributed by atoms with van der Waals surface area (Å²) in [5.74, 6) is 0. The second-order valence-corrected chi connectivity index (χ2v) is 6.82. The van der Waals surface area contributed by atoms with E-state index in [0.29, 0.717) is 7.92 Å². The summed E-state index contributed by atoms with van der Waals surface area (Å²) in [6.45, 7) is 6.94. The summed E-state index contributed by atoms with van der Waals surface area (Å²) in [4.78, 5) is 8.36. The fourth-order valence-electron chi connectivity index (χ4n) is 1.48. The van der Waals surface area contributed by atoms with E-state index in [-0.39, 0.29) is 0 Å². The van der Waals surface area contributed by atoms with Gasteiger partial charge in [0.2, 0.25) is 0 Å². The molecule has 0 saturated carbocycles. The summed E-state index contributed by atoms with van der Waals surface area (Å²) in [5, 5.41) is 13.6. The SMILES string of the molecule is CCCCP(CCCC)CCCC.O=[N+]([O-])O. The van der Waals surface area contributed by atoms with Gasteiger partial charge in [-0.25, -0.2) is 0 Å². The van der Waals surface area contributed by atoms with E-state index in [0.717, 1.165) is 0 Å². The van der Waals surface area contributed by atoms with Gasteiger partial charge in [-0.1, -0.05) is 40.0 Å². The van der Waals surface area contributed by atoms with Gasteiger partial charge in [0.05, 0.1) is 0 Å². The van der Waals surface area contributed by atoms with Crippen molar-refractivity contribution in [2.45, 2.75) is 59.3 Å². The first kappa shape index (κ1) is 19.0. The van der Waals surface area contributed by atoms with Crippen LogP contribution in [0.1, 0.15) is 59.3 Å². The number of hydrogen-bond donors (Lipinski definition) is 1. The Balaban J connectivity index is 0. The van der Waals surface area contributed by atoms with Crippen LogP contribution < -0.4 is 0 Å². The molecule has 0 atom stereocenters. The second-order valence-electron chi connectivity index (χ2n) is 4.14. The molecule has 0 aromatic rings. The molecule has 0 spiro atoms. The largest absolute Gasteiger partial charge is 0.328 e. The van der Waals surface area contributed by atoms with Gasteiger partial charge < -0.3 is 5.21 Å². The second kappa shape index (κ2) is 15.6. The Morgan fingerprint density at radius 1 is 0.941 bits per heavy atom. The van der Waals surface area contributed by atoms with Crippen LogP contribution in [0.4, 0.5) is 0 Å². The lowest BCUT2D eigenvalue weighted by Gasteiger charge is -2.16. The number of rotatable bonds is 9. The van der Waals surface area contributed by atoms with Gasteiger partial charge >= 0.3 is 0 Å². The van der Waals surface area contributed by atoms with Gasteiger partial charge in [0.1, 0.15) is 0 Å². The molecule has 0 aliphatic heterocycles. The fourth-order valence-corrected chi connectivity index (χ4v) is 4.44. The van der Waals surface area contributed by atoms with E-state index in [4.69, 9.17) is 15.3 Å². The number of unbranched alkanes of at least 4 members (excludes halogenated alkanes) is 3. The zero-order valence-corrected chi connectivity index (χ0v) is 12.4. The average molecular weight is 265 g/mol. The third-order valence-electron chi connectivity index (χ3n) is 2.48. The van der Waals surface area contributed by atoms with Crippen molar-refractivity contribution in [3.8, 4) is 0 Å². The Morgan fingerprint density at radius 3 is 1.35 bits per heavy atom. The molecule has 4 nitrogen and oxygen atoms in total. The molecule has 0 saturated heterocycles. The molecule has 0 rings (SSSR count). The molecule has 0 aliphatic rings. The average Bonchev–Trinajstić information content (AvgIpc) is 2.27. The maximum absolute atomic E-state index is 8.36. The van der Waals surface area contributed by atoms with E-state index in [2.05, 4.69) is 20.8 Å². The molecule has 0 bridgehead atoms. The van der Waals surface area contributed by atoms with Gasteiger partial charge in [0.25, 0.3) is 5.09 Å². The zero-order chi connectivity index (χ0) is 13.5. The van der Waals surface area contributed by atoms with Gasteiger partial charge in [-0.15, -0.1) is 18.0 Å². The standard InChI is InChI=1S/C12H27P.HNO3/c1-4-7-10-13(11-8-5-2)12-9-6-3;2-1(3)4/h4-12H2,1-3H3;(H,2,3,4). The van der Waals surface area contributed by atoms with E-state index in [1.807, 2.05) is 0 Å². The molecule has 0 amide bonds. The van der Waals surface area contributed by atoms with Crippen LogP contribution in [0, 0.1) is 10.1 Å². The Bertz CT molecular complexity index is 145. The fraction of sp³-hybridized carbons (Fsp3) is 1.00. The van der Waals surface area contributed by atoms with Gasteiger partial charge in [0.15, 0.2) is 0 Å². The highest BCUT2D eigenvalue weighted by Gasteiger charge is 2.05. The summed E-state index contributed by atoms with van der Waals surface area (Å²) < 4.78 is 0. The van der Waals surface area contributed by atoms with Crippen molar-refractivity contribution >= 4 is 7.92 Å². The molecule has 104 valence electrons. The van der Waals surface area contributed by atoms with E-state index in [9.17, 15) is 0 Å². The predicted molar refractivity (Wildman–Crippen MR) is 75.0 cm³/mol. The summed E-state index contributed by atoms with van der Waals surface area (Å²) in [7, 11) is 0.422. The normalized spacial score (nSPS) is 9.88. The smallest absolute Gasteiger partial charge is 0.291 e. The van der Waals surface area contributed by atoms with Crippen molar-refractivity contribution in [1.82, 2.24) is 0 Å². The molecule has 0 heterocycles. The quantitative estimate of drug-likeness (QED) is 0.378. The lowest BCUT2D eigenvalue weighted by Crippen LogP contribution is -1.95. The van der Waals surface area contributed by atoms with Crippen LogP contribution in [0.3, 0.4) is 0 Å². The van der Waals surface area contributed by atoms with Crippen LogP contribution >= 0.6 is 7.92 Å². The first-order valence-electron chi connectivity index (χ1n) is 6.64. The Labute approximate surface area is 107 Å². The molecule has 1 N–H and O–H groups in total. The molecular weight excluding hydrogens is 237 g/mol. The topological polar surface area (TPSA) is 63.4 Å². The third kappa shape index (κ3) is 21.5. The number of nitrogens with zero attached hydrogens (tertiary/aromatic N) is 1. The van der Waals surface area contributed by atoms with Gasteiger partial charge in [-0.05, 0) is 37.7 Å². The summed E-state index contributed by atoms with van der Waals surface area (Å²) in [6.07, 6.45) is 13.2. The third-order valence-corrected chi connectivity index (χ3v) is 5.33. The first-order chi connectivity index (χ1) is 8.08. The van der Waals surface area contributed by atoms with Gasteiger partial charge in [0, 0.05) is 0 Å². The highest BCUT2D eigenvalue weighted by molar-refractivity contribution is 7.57. The lowest BCUT2D eigenvalue weighted by molar-refractivity contribution is -0.742. The van der Waals surface area contributed by atoms with Crippen molar-refractivity contribution in [1.29, 1.82) is 0 Å². The molecule has 0 aromatic heterocycles. The van der Waals surface area contributed by atoms with Crippen molar-refractivity contribution < 1.29 is 10.3 Å². The van der Waals surface area contributed by atoms with Crippen LogP contribution in [0.2, 0.25) is 0 Å². The number of hydrogen-bond acceptors (Lipinski definition) is 2. The summed E-state index contributed by atoms with van der Waals surface area (Å²) in [6, 6.07) is 0. The highest BCUT2D eigenvalue weighted by Crippen LogP contribution is 2.38. The summed E-state index contributed by atoms with van der Waals surface area (Å²) in [5.41, 5.74) is 0. The van der Waals surface area contributed by atoms with E-state index in [1.54, 1.807) is 18.5 Å². The zero-order valence-electron chi connectivity index (χ0n) is 11.5. The van der Waals surface area contributed by atoms with E-state index in [1.165, 1.54) is 38.5 Å². The Morgan fingerprint density at radius 2 is 1.18 bits per heavy atom. The van der Waals surface area contributed by atoms with Crippen LogP contribution in [0.5, 0.6) is 0 Å². The minimum absolute atomic E-state index is 0.422. The van der Waals surface area contributed by atoms with Crippen molar-refractivity contribution in [2.24, 2.45) is 0 Å². The lowest BCUT2D eigenvalue weighted by atomic mass is 10.4. The molecular formula is C12H28NO3P. The summed E-state index contributed by atoms with van der Waals surface area (Å²) >= 11 is 0. The Kier molecular flexibility index (Phi) is 17.5. The van der Waals surface area contributed by atoms with Crippen molar-refractivity contribution in [2.75, 3.05) is 18.5 Å². The molecule has 0 aliphatic carbocycles. The first-order valence-corrected chi connectivity index (χ1v) is 8.53. The van der Waals surface area contributed by atoms with Crippen LogP contribution in [0.25, 0.3) is 0 Å². The molecule has 0 radical (unpaired) electrons. The molecule has 0 aromatic carbocycles. The van der Waals surface area contributed by atoms with Gasteiger partial charge in [-0.2, -0.15) is 0 Å². The molecule has 5 heteroatoms. The Hall–Kier alpha value is -0.370. The van der Waals surface area contributed by atoms with Crippen molar-refractivity contribution in [3.05, 3.63) is 10.1 Å². The highest BCUT2D eigenvalue weighted by atomic mass is 31.1. The van der Waals surface area contributed by atoms with E-state index >= 15 is 0 Å². The minimum Gasteiger partial charge on any atom is -0.328 e.